The van der Waals surface area contributed by atoms with Crippen LogP contribution < -0.4 is 5.32 Å². The van der Waals surface area contributed by atoms with Gasteiger partial charge in [-0.15, -0.1) is 0 Å². The maximum Gasteiger partial charge on any atom is 0.251 e. The minimum atomic E-state index is -1.17. The lowest BCUT2D eigenvalue weighted by atomic mass is 10.0. The summed E-state index contributed by atoms with van der Waals surface area (Å²) in [5.41, 5.74) is 1.19. The van der Waals surface area contributed by atoms with Crippen molar-refractivity contribution in [3.8, 4) is 0 Å². The Kier molecular flexibility index (Phi) is 4.26. The van der Waals surface area contributed by atoms with Crippen LogP contribution in [-0.4, -0.2) is 26.4 Å². The third-order valence-corrected chi connectivity index (χ3v) is 3.78. The molecule has 24 heavy (non-hydrogen) atoms. The van der Waals surface area contributed by atoms with E-state index in [9.17, 15) is 18.7 Å². The van der Waals surface area contributed by atoms with Crippen molar-refractivity contribution in [3.05, 3.63) is 71.7 Å². The zero-order valence-corrected chi connectivity index (χ0v) is 12.8. The molecule has 0 aliphatic rings. The molecule has 1 amide bonds. The number of nitrogens with one attached hydrogen (secondary N) is 1. The van der Waals surface area contributed by atoms with Crippen LogP contribution in [0.4, 0.5) is 8.78 Å². The first-order valence-electron chi connectivity index (χ1n) is 7.32. The summed E-state index contributed by atoms with van der Waals surface area (Å²) < 4.78 is 28.0. The first-order valence-corrected chi connectivity index (χ1v) is 7.32. The number of aliphatic hydroxyl groups is 1. The highest BCUT2D eigenvalue weighted by molar-refractivity contribution is 5.95. The van der Waals surface area contributed by atoms with Gasteiger partial charge in [0.25, 0.3) is 5.91 Å². The van der Waals surface area contributed by atoms with E-state index < -0.39 is 29.7 Å². The fraction of sp³-hybridized carbons (Fsp3) is 0.176. The molecule has 5 nitrogen and oxygen atoms in total. The standard InChI is InChI=1S/C17H15F2N3O2/c1-10(16(23)11-2-3-13(18)14(19)8-11)21-17(24)12-4-6-22-7-5-20-15(22)9-12/h2-10,16,23H,1H3,(H,21,24). The minimum Gasteiger partial charge on any atom is -0.386 e. The average molecular weight is 331 g/mol. The molecule has 7 heteroatoms. The van der Waals surface area contributed by atoms with Gasteiger partial charge in [-0.25, -0.2) is 13.8 Å². The summed E-state index contributed by atoms with van der Waals surface area (Å²) in [5.74, 6) is -2.43. The monoisotopic (exact) mass is 331 g/mol. The van der Waals surface area contributed by atoms with E-state index in [1.165, 1.54) is 6.07 Å². The Morgan fingerprint density at radius 3 is 2.75 bits per heavy atom. The number of nitrogens with zero attached hydrogens (tertiary/aromatic N) is 2. The molecule has 0 spiro atoms. The number of fused-ring (bicyclic) bond motifs is 1. The van der Waals surface area contributed by atoms with Crippen molar-refractivity contribution < 1.29 is 18.7 Å². The second kappa shape index (κ2) is 6.37. The summed E-state index contributed by atoms with van der Waals surface area (Å²) in [7, 11) is 0. The molecule has 0 fully saturated rings. The molecule has 0 aliphatic carbocycles. The Labute approximate surface area is 136 Å². The zero-order valence-electron chi connectivity index (χ0n) is 12.8. The Hall–Kier alpha value is -2.80. The van der Waals surface area contributed by atoms with Crippen LogP contribution in [0.15, 0.2) is 48.9 Å². The predicted molar refractivity (Wildman–Crippen MR) is 83.4 cm³/mol. The highest BCUT2D eigenvalue weighted by Gasteiger charge is 2.20. The topological polar surface area (TPSA) is 66.6 Å². The number of hydrogen-bond acceptors (Lipinski definition) is 3. The van der Waals surface area contributed by atoms with Gasteiger partial charge in [-0.3, -0.25) is 4.79 Å². The van der Waals surface area contributed by atoms with Crippen molar-refractivity contribution in [1.82, 2.24) is 14.7 Å². The van der Waals surface area contributed by atoms with Crippen molar-refractivity contribution in [1.29, 1.82) is 0 Å². The molecule has 2 heterocycles. The summed E-state index contributed by atoms with van der Waals surface area (Å²) in [5, 5.41) is 12.9. The molecule has 0 bridgehead atoms. The molecule has 2 N–H and O–H groups in total. The molecule has 3 rings (SSSR count). The van der Waals surface area contributed by atoms with E-state index in [2.05, 4.69) is 10.3 Å². The summed E-state index contributed by atoms with van der Waals surface area (Å²) in [6, 6.07) is 5.68. The normalized spacial score (nSPS) is 13.7. The molecule has 2 aromatic heterocycles. The van der Waals surface area contributed by atoms with Crippen molar-refractivity contribution in [2.45, 2.75) is 19.1 Å². The number of halogens is 2. The van der Waals surface area contributed by atoms with Crippen LogP contribution in [0.1, 0.15) is 28.9 Å². The van der Waals surface area contributed by atoms with Crippen LogP contribution in [0.25, 0.3) is 5.65 Å². The van der Waals surface area contributed by atoms with Crippen LogP contribution in [0, 0.1) is 11.6 Å². The van der Waals surface area contributed by atoms with Crippen molar-refractivity contribution in [2.75, 3.05) is 0 Å². The molecule has 0 aliphatic heterocycles. The fourth-order valence-electron chi connectivity index (χ4n) is 2.41. The van der Waals surface area contributed by atoms with Gasteiger partial charge in [0.05, 0.1) is 12.1 Å². The van der Waals surface area contributed by atoms with Gasteiger partial charge in [-0.1, -0.05) is 6.07 Å². The number of carbonyl (C=O) groups is 1. The number of aliphatic hydroxyl groups excluding tert-OH is 1. The molecule has 1 aromatic carbocycles. The molecular weight excluding hydrogens is 316 g/mol. The number of amides is 1. The van der Waals surface area contributed by atoms with Gasteiger partial charge in [0.2, 0.25) is 0 Å². The smallest absolute Gasteiger partial charge is 0.251 e. The van der Waals surface area contributed by atoms with Gasteiger partial charge in [0.15, 0.2) is 11.6 Å². The molecule has 2 unspecified atom stereocenters. The molecular formula is C17H15F2N3O2. The zero-order chi connectivity index (χ0) is 17.3. The second-order valence-electron chi connectivity index (χ2n) is 5.49. The molecule has 3 aromatic rings. The van der Waals surface area contributed by atoms with Crippen LogP contribution in [0.2, 0.25) is 0 Å². The number of hydrogen-bond donors (Lipinski definition) is 2. The number of carbonyl (C=O) groups excluding carboxylic acids is 1. The van der Waals surface area contributed by atoms with E-state index in [1.54, 1.807) is 42.0 Å². The van der Waals surface area contributed by atoms with Gasteiger partial charge in [-0.05, 0) is 36.8 Å². The van der Waals surface area contributed by atoms with Crippen molar-refractivity contribution >= 4 is 11.6 Å². The minimum absolute atomic E-state index is 0.186. The maximum atomic E-state index is 13.3. The number of aromatic nitrogens is 2. The lowest BCUT2D eigenvalue weighted by molar-refractivity contribution is 0.0851. The maximum absolute atomic E-state index is 13.3. The number of imidazole rings is 1. The Balaban J connectivity index is 1.73. The largest absolute Gasteiger partial charge is 0.386 e. The average Bonchev–Trinajstić information content (AvgIpc) is 3.04. The van der Waals surface area contributed by atoms with E-state index in [4.69, 9.17) is 0 Å². The second-order valence-corrected chi connectivity index (χ2v) is 5.49. The number of pyridine rings is 1. The van der Waals surface area contributed by atoms with Gasteiger partial charge >= 0.3 is 0 Å². The fourth-order valence-corrected chi connectivity index (χ4v) is 2.41. The van der Waals surface area contributed by atoms with Crippen LogP contribution >= 0.6 is 0 Å². The Bertz CT molecular complexity index is 894. The third-order valence-electron chi connectivity index (χ3n) is 3.78. The molecule has 0 radical (unpaired) electrons. The van der Waals surface area contributed by atoms with Crippen LogP contribution in [0.5, 0.6) is 0 Å². The summed E-state index contributed by atoms with van der Waals surface area (Å²) in [6.45, 7) is 1.58. The van der Waals surface area contributed by atoms with Crippen molar-refractivity contribution in [3.63, 3.8) is 0 Å². The Morgan fingerprint density at radius 2 is 2.00 bits per heavy atom. The van der Waals surface area contributed by atoms with Gasteiger partial charge in [0, 0.05) is 24.2 Å². The number of benzene rings is 1. The lowest BCUT2D eigenvalue weighted by Crippen LogP contribution is -2.37. The lowest BCUT2D eigenvalue weighted by Gasteiger charge is -2.21. The van der Waals surface area contributed by atoms with E-state index in [1.807, 2.05) is 0 Å². The van der Waals surface area contributed by atoms with Crippen LogP contribution in [-0.2, 0) is 0 Å². The highest BCUT2D eigenvalue weighted by atomic mass is 19.2. The molecule has 124 valence electrons. The molecule has 2 atom stereocenters. The highest BCUT2D eigenvalue weighted by Crippen LogP contribution is 2.19. The summed E-state index contributed by atoms with van der Waals surface area (Å²) in [6.07, 6.45) is 3.91. The third kappa shape index (κ3) is 3.11. The number of rotatable bonds is 4. The van der Waals surface area contributed by atoms with E-state index in [0.29, 0.717) is 11.2 Å². The van der Waals surface area contributed by atoms with E-state index in [0.717, 1.165) is 12.1 Å². The predicted octanol–water partition coefficient (Wildman–Crippen LogP) is 2.46. The quantitative estimate of drug-likeness (QED) is 0.772. The first kappa shape index (κ1) is 16.1. The van der Waals surface area contributed by atoms with Gasteiger partial charge in [0.1, 0.15) is 5.65 Å². The molecule has 0 saturated heterocycles. The van der Waals surface area contributed by atoms with Crippen LogP contribution in [0.3, 0.4) is 0 Å². The SMILES string of the molecule is CC(NC(=O)c1ccn2ccnc2c1)C(O)c1ccc(F)c(F)c1. The van der Waals surface area contributed by atoms with E-state index in [-0.39, 0.29) is 5.56 Å². The first-order chi connectivity index (χ1) is 11.5. The molecule has 0 saturated carbocycles. The summed E-state index contributed by atoms with van der Waals surface area (Å²) >= 11 is 0. The summed E-state index contributed by atoms with van der Waals surface area (Å²) in [4.78, 5) is 16.4. The van der Waals surface area contributed by atoms with Gasteiger partial charge < -0.3 is 14.8 Å². The van der Waals surface area contributed by atoms with Gasteiger partial charge in [-0.2, -0.15) is 0 Å². The Morgan fingerprint density at radius 1 is 1.21 bits per heavy atom. The van der Waals surface area contributed by atoms with Crippen molar-refractivity contribution in [2.24, 2.45) is 0 Å². The van der Waals surface area contributed by atoms with E-state index >= 15 is 0 Å².